The van der Waals surface area contributed by atoms with Gasteiger partial charge in [0.15, 0.2) is 0 Å². The Bertz CT molecular complexity index is 1060. The summed E-state index contributed by atoms with van der Waals surface area (Å²) in [6.45, 7) is 0.688. The zero-order valence-electron chi connectivity index (χ0n) is 19.6. The van der Waals surface area contributed by atoms with Crippen LogP contribution in [-0.2, 0) is 16.0 Å². The number of hydrogen-bond donors (Lipinski definition) is 2. The second-order valence-corrected chi connectivity index (χ2v) is 9.89. The van der Waals surface area contributed by atoms with E-state index in [9.17, 15) is 14.4 Å². The standard InChI is InChI=1S/C28H33N3O3/c32-26(29-21-8-2-3-9-21)20-13-15-22(16-14-20)30-27(33)23-10-4-5-11-24(23)28(34)31-18-17-19-7-1-6-12-25(19)31/h1,6-7,12-16,21,23-24H,2-5,8-11,17-18H2,(H,29,32)(H,30,33)/t23-,24-/m0/s1. The van der Waals surface area contributed by atoms with E-state index >= 15 is 0 Å². The molecule has 0 bridgehead atoms. The SMILES string of the molecule is O=C(NC1CCCC1)c1ccc(NC(=O)[C@H]2CCCC[C@@H]2C(=O)N2CCc3ccccc32)cc1. The van der Waals surface area contributed by atoms with Crippen LogP contribution in [0, 0.1) is 11.8 Å². The Hall–Kier alpha value is -3.15. The van der Waals surface area contributed by atoms with E-state index in [-0.39, 0.29) is 35.6 Å². The van der Waals surface area contributed by atoms with Gasteiger partial charge in [0.2, 0.25) is 11.8 Å². The molecule has 6 nitrogen and oxygen atoms in total. The molecule has 0 unspecified atom stereocenters. The normalized spacial score (nSPS) is 22.3. The van der Waals surface area contributed by atoms with E-state index in [4.69, 9.17) is 0 Å². The summed E-state index contributed by atoms with van der Waals surface area (Å²) in [7, 11) is 0. The van der Waals surface area contributed by atoms with Crippen LogP contribution in [0.15, 0.2) is 48.5 Å². The molecule has 2 aliphatic carbocycles. The number of rotatable bonds is 5. The largest absolute Gasteiger partial charge is 0.349 e. The first-order chi connectivity index (χ1) is 16.6. The first-order valence-electron chi connectivity index (χ1n) is 12.7. The second-order valence-electron chi connectivity index (χ2n) is 9.89. The first-order valence-corrected chi connectivity index (χ1v) is 12.7. The van der Waals surface area contributed by atoms with Crippen LogP contribution in [0.25, 0.3) is 0 Å². The zero-order chi connectivity index (χ0) is 23.5. The van der Waals surface area contributed by atoms with Gasteiger partial charge in [0.25, 0.3) is 5.91 Å². The van der Waals surface area contributed by atoms with Crippen LogP contribution in [0.5, 0.6) is 0 Å². The van der Waals surface area contributed by atoms with Gasteiger partial charge >= 0.3 is 0 Å². The number of nitrogens with one attached hydrogen (secondary N) is 2. The number of nitrogens with zero attached hydrogens (tertiary/aromatic N) is 1. The molecular formula is C28H33N3O3. The molecule has 3 aliphatic rings. The summed E-state index contributed by atoms with van der Waals surface area (Å²) in [4.78, 5) is 41.1. The Morgan fingerprint density at radius 3 is 2.24 bits per heavy atom. The Morgan fingerprint density at radius 1 is 0.794 bits per heavy atom. The van der Waals surface area contributed by atoms with Crippen LogP contribution in [0.4, 0.5) is 11.4 Å². The molecule has 5 rings (SSSR count). The Kier molecular flexibility index (Phi) is 6.66. The first kappa shape index (κ1) is 22.6. The zero-order valence-corrected chi connectivity index (χ0v) is 19.6. The van der Waals surface area contributed by atoms with Crippen molar-refractivity contribution in [2.45, 2.75) is 63.8 Å². The van der Waals surface area contributed by atoms with Gasteiger partial charge in [0.05, 0.1) is 5.92 Å². The van der Waals surface area contributed by atoms with Crippen LogP contribution in [0.1, 0.15) is 67.3 Å². The van der Waals surface area contributed by atoms with Gasteiger partial charge in [0, 0.05) is 35.4 Å². The van der Waals surface area contributed by atoms with Gasteiger partial charge in [-0.1, -0.05) is 43.9 Å². The molecule has 0 radical (unpaired) electrons. The minimum atomic E-state index is -0.334. The molecule has 2 aromatic rings. The molecule has 2 fully saturated rings. The molecule has 2 aromatic carbocycles. The number of para-hydroxylation sites is 1. The third kappa shape index (κ3) is 4.72. The Balaban J connectivity index is 1.23. The summed E-state index contributed by atoms with van der Waals surface area (Å²) in [5.41, 5.74) is 3.45. The smallest absolute Gasteiger partial charge is 0.251 e. The lowest BCUT2D eigenvalue weighted by Crippen LogP contribution is -2.43. The number of fused-ring (bicyclic) bond motifs is 1. The highest BCUT2D eigenvalue weighted by Gasteiger charge is 2.39. The molecule has 0 spiro atoms. The van der Waals surface area contributed by atoms with E-state index in [0.717, 1.165) is 50.6 Å². The topological polar surface area (TPSA) is 78.5 Å². The van der Waals surface area contributed by atoms with Crippen molar-refractivity contribution in [1.82, 2.24) is 5.32 Å². The van der Waals surface area contributed by atoms with Crippen molar-refractivity contribution >= 4 is 29.1 Å². The van der Waals surface area contributed by atoms with Gasteiger partial charge in [-0.25, -0.2) is 0 Å². The van der Waals surface area contributed by atoms with Crippen molar-refractivity contribution in [3.05, 3.63) is 59.7 Å². The van der Waals surface area contributed by atoms with Gasteiger partial charge in [-0.3, -0.25) is 14.4 Å². The van der Waals surface area contributed by atoms with Crippen molar-refractivity contribution in [2.24, 2.45) is 11.8 Å². The van der Waals surface area contributed by atoms with Gasteiger partial charge in [-0.2, -0.15) is 0 Å². The lowest BCUT2D eigenvalue weighted by Gasteiger charge is -2.32. The highest BCUT2D eigenvalue weighted by atomic mass is 16.2. The maximum atomic E-state index is 13.5. The van der Waals surface area contributed by atoms with Crippen LogP contribution in [0.2, 0.25) is 0 Å². The highest BCUT2D eigenvalue weighted by molar-refractivity contribution is 6.02. The molecule has 34 heavy (non-hydrogen) atoms. The third-order valence-electron chi connectivity index (χ3n) is 7.68. The van der Waals surface area contributed by atoms with Crippen LogP contribution >= 0.6 is 0 Å². The number of amides is 3. The summed E-state index contributed by atoms with van der Waals surface area (Å²) in [6, 6.07) is 15.4. The van der Waals surface area contributed by atoms with Crippen molar-refractivity contribution in [2.75, 3.05) is 16.8 Å². The van der Waals surface area contributed by atoms with Gasteiger partial charge in [-0.05, 0) is 68.0 Å². The van der Waals surface area contributed by atoms with E-state index < -0.39 is 0 Å². The Morgan fingerprint density at radius 2 is 1.47 bits per heavy atom. The van der Waals surface area contributed by atoms with Gasteiger partial charge < -0.3 is 15.5 Å². The monoisotopic (exact) mass is 459 g/mol. The van der Waals surface area contributed by atoms with Crippen LogP contribution < -0.4 is 15.5 Å². The highest BCUT2D eigenvalue weighted by Crippen LogP contribution is 2.36. The number of benzene rings is 2. The lowest BCUT2D eigenvalue weighted by molar-refractivity contribution is -0.132. The van der Waals surface area contributed by atoms with Crippen LogP contribution in [0.3, 0.4) is 0 Å². The number of carbonyl (C=O) groups is 3. The lowest BCUT2D eigenvalue weighted by atomic mass is 9.77. The van der Waals surface area contributed by atoms with Crippen molar-refractivity contribution in [3.63, 3.8) is 0 Å². The molecule has 3 amide bonds. The average molecular weight is 460 g/mol. The van der Waals surface area contributed by atoms with Gasteiger partial charge in [-0.15, -0.1) is 0 Å². The summed E-state index contributed by atoms with van der Waals surface area (Å²) in [5.74, 6) is -0.721. The molecule has 1 aliphatic heterocycles. The Labute approximate surface area is 201 Å². The van der Waals surface area contributed by atoms with Gasteiger partial charge in [0.1, 0.15) is 0 Å². The minimum absolute atomic E-state index is 0.0615. The third-order valence-corrected chi connectivity index (χ3v) is 7.68. The maximum Gasteiger partial charge on any atom is 0.251 e. The fourth-order valence-corrected chi connectivity index (χ4v) is 5.79. The van der Waals surface area contributed by atoms with E-state index in [1.54, 1.807) is 24.3 Å². The van der Waals surface area contributed by atoms with E-state index in [2.05, 4.69) is 16.7 Å². The van der Waals surface area contributed by atoms with Crippen molar-refractivity contribution in [3.8, 4) is 0 Å². The second kappa shape index (κ2) is 10.00. The molecule has 0 aromatic heterocycles. The van der Waals surface area contributed by atoms with Crippen LogP contribution in [-0.4, -0.2) is 30.3 Å². The number of anilines is 2. The van der Waals surface area contributed by atoms with E-state index in [1.165, 1.54) is 18.4 Å². The molecular weight excluding hydrogens is 426 g/mol. The number of hydrogen-bond acceptors (Lipinski definition) is 3. The van der Waals surface area contributed by atoms with E-state index in [0.29, 0.717) is 17.8 Å². The molecule has 0 saturated heterocycles. The fourth-order valence-electron chi connectivity index (χ4n) is 5.79. The molecule has 1 heterocycles. The summed E-state index contributed by atoms with van der Waals surface area (Å²) < 4.78 is 0. The average Bonchev–Trinajstić information content (AvgIpc) is 3.54. The molecule has 2 N–H and O–H groups in total. The van der Waals surface area contributed by atoms with E-state index in [1.807, 2.05) is 23.1 Å². The molecule has 6 heteroatoms. The summed E-state index contributed by atoms with van der Waals surface area (Å²) >= 11 is 0. The maximum absolute atomic E-state index is 13.5. The molecule has 178 valence electrons. The minimum Gasteiger partial charge on any atom is -0.349 e. The number of carbonyl (C=O) groups excluding carboxylic acids is 3. The predicted octanol–water partition coefficient (Wildman–Crippen LogP) is 4.69. The molecule has 2 atom stereocenters. The summed E-state index contributed by atoms with van der Waals surface area (Å²) in [5, 5.41) is 6.09. The fraction of sp³-hybridized carbons (Fsp3) is 0.464. The quantitative estimate of drug-likeness (QED) is 0.681. The summed E-state index contributed by atoms with van der Waals surface area (Å²) in [6.07, 6.45) is 8.70. The predicted molar refractivity (Wildman–Crippen MR) is 133 cm³/mol. The van der Waals surface area contributed by atoms with Crippen molar-refractivity contribution in [1.29, 1.82) is 0 Å². The van der Waals surface area contributed by atoms with Crippen molar-refractivity contribution < 1.29 is 14.4 Å². The molecule has 2 saturated carbocycles.